The molecule has 144 valence electrons. The lowest BCUT2D eigenvalue weighted by atomic mass is 9.93. The van der Waals surface area contributed by atoms with Gasteiger partial charge >= 0.3 is 0 Å². The number of hydrogen-bond donors (Lipinski definition) is 1. The van der Waals surface area contributed by atoms with Gasteiger partial charge in [-0.05, 0) is 77.3 Å². The average molecular weight is 383 g/mol. The first-order chi connectivity index (χ1) is 12.1. The van der Waals surface area contributed by atoms with Crippen LogP contribution in [-0.2, 0) is 0 Å². The molecule has 1 atom stereocenters. The predicted octanol–water partition coefficient (Wildman–Crippen LogP) is 3.99. The standard InChI is InChI=1S/C19H27FN4O.ClH/c1-13-4-5-16(12-17(13)20)18-22-19(25-23-18)14(2)24-10-7-15(8-11-24)6-9-21-3;/h4-5,12,14-15,21H,6-11H2,1-3H3;1H. The summed E-state index contributed by atoms with van der Waals surface area (Å²) in [6.45, 7) is 7.02. The largest absolute Gasteiger partial charge is 0.337 e. The van der Waals surface area contributed by atoms with Crippen LogP contribution in [0.4, 0.5) is 4.39 Å². The van der Waals surface area contributed by atoms with Crippen LogP contribution in [-0.4, -0.2) is 41.7 Å². The summed E-state index contributed by atoms with van der Waals surface area (Å²) in [6.07, 6.45) is 3.65. The van der Waals surface area contributed by atoms with Crippen LogP contribution in [0.25, 0.3) is 11.4 Å². The molecule has 0 bridgehead atoms. The second-order valence-electron chi connectivity index (χ2n) is 6.97. The molecule has 2 aromatic rings. The molecule has 2 heterocycles. The SMILES string of the molecule is CNCCC1CCN(C(C)c2nc(-c3ccc(C)c(F)c3)no2)CC1.Cl. The van der Waals surface area contributed by atoms with E-state index in [0.29, 0.717) is 22.8 Å². The van der Waals surface area contributed by atoms with Gasteiger partial charge in [0.2, 0.25) is 11.7 Å². The topological polar surface area (TPSA) is 54.2 Å². The minimum atomic E-state index is -0.250. The lowest BCUT2D eigenvalue weighted by molar-refractivity contribution is 0.117. The number of rotatable bonds is 6. The normalized spacial score (nSPS) is 17.1. The van der Waals surface area contributed by atoms with Crippen molar-refractivity contribution in [3.05, 3.63) is 35.5 Å². The summed E-state index contributed by atoms with van der Waals surface area (Å²) in [4.78, 5) is 6.89. The molecular formula is C19H28ClFN4O. The third-order valence-electron chi connectivity index (χ3n) is 5.23. The molecule has 1 unspecified atom stereocenters. The molecule has 3 rings (SSSR count). The smallest absolute Gasteiger partial charge is 0.244 e. The van der Waals surface area contributed by atoms with Crippen molar-refractivity contribution in [3.63, 3.8) is 0 Å². The van der Waals surface area contributed by atoms with Crippen molar-refractivity contribution >= 4 is 12.4 Å². The highest BCUT2D eigenvalue weighted by Crippen LogP contribution is 2.28. The maximum absolute atomic E-state index is 13.7. The van der Waals surface area contributed by atoms with E-state index in [1.165, 1.54) is 25.3 Å². The molecular weight excluding hydrogens is 355 g/mol. The summed E-state index contributed by atoms with van der Waals surface area (Å²) in [5.74, 6) is 1.60. The van der Waals surface area contributed by atoms with Crippen molar-refractivity contribution in [2.45, 2.75) is 39.2 Å². The third kappa shape index (κ3) is 4.81. The zero-order valence-electron chi connectivity index (χ0n) is 15.7. The average Bonchev–Trinajstić information content (AvgIpc) is 3.12. The first-order valence-electron chi connectivity index (χ1n) is 9.07. The van der Waals surface area contributed by atoms with Crippen LogP contribution >= 0.6 is 12.4 Å². The molecule has 0 amide bonds. The molecule has 1 aliphatic heterocycles. The van der Waals surface area contributed by atoms with Gasteiger partial charge in [-0.2, -0.15) is 4.98 Å². The Morgan fingerprint density at radius 1 is 1.35 bits per heavy atom. The number of hydrogen-bond acceptors (Lipinski definition) is 5. The number of nitrogens with one attached hydrogen (secondary N) is 1. The van der Waals surface area contributed by atoms with Crippen LogP contribution < -0.4 is 5.32 Å². The summed E-state index contributed by atoms with van der Waals surface area (Å²) in [5.41, 5.74) is 1.26. The van der Waals surface area contributed by atoms with Crippen molar-refractivity contribution < 1.29 is 8.91 Å². The summed E-state index contributed by atoms with van der Waals surface area (Å²) >= 11 is 0. The van der Waals surface area contributed by atoms with E-state index in [-0.39, 0.29) is 24.3 Å². The molecule has 7 heteroatoms. The number of nitrogens with zero attached hydrogens (tertiary/aromatic N) is 3. The van der Waals surface area contributed by atoms with Crippen LogP contribution in [0.2, 0.25) is 0 Å². The van der Waals surface area contributed by atoms with Gasteiger partial charge in [-0.3, -0.25) is 4.90 Å². The van der Waals surface area contributed by atoms with E-state index < -0.39 is 0 Å². The molecule has 0 aliphatic carbocycles. The van der Waals surface area contributed by atoms with Gasteiger partial charge in [-0.15, -0.1) is 12.4 Å². The van der Waals surface area contributed by atoms with Crippen LogP contribution in [0.1, 0.15) is 43.7 Å². The highest BCUT2D eigenvalue weighted by molar-refractivity contribution is 5.85. The maximum Gasteiger partial charge on any atom is 0.244 e. The Balaban J connectivity index is 0.00000243. The fraction of sp³-hybridized carbons (Fsp3) is 0.579. The van der Waals surface area contributed by atoms with Crippen molar-refractivity contribution in [2.75, 3.05) is 26.7 Å². The maximum atomic E-state index is 13.7. The quantitative estimate of drug-likeness (QED) is 0.818. The molecule has 1 aromatic heterocycles. The fourth-order valence-electron chi connectivity index (χ4n) is 3.39. The monoisotopic (exact) mass is 382 g/mol. The van der Waals surface area contributed by atoms with Crippen LogP contribution in [0.15, 0.2) is 22.7 Å². The molecule has 5 nitrogen and oxygen atoms in total. The lowest BCUT2D eigenvalue weighted by Crippen LogP contribution is -2.36. The van der Waals surface area contributed by atoms with Gasteiger partial charge in [0.15, 0.2) is 0 Å². The summed E-state index contributed by atoms with van der Waals surface area (Å²) in [6, 6.07) is 5.11. The second-order valence-corrected chi connectivity index (χ2v) is 6.97. The van der Waals surface area contributed by atoms with E-state index in [4.69, 9.17) is 4.52 Å². The molecule has 1 saturated heterocycles. The third-order valence-corrected chi connectivity index (χ3v) is 5.23. The molecule has 0 radical (unpaired) electrons. The summed E-state index contributed by atoms with van der Waals surface area (Å²) in [7, 11) is 2.00. The van der Waals surface area contributed by atoms with Gasteiger partial charge in [0, 0.05) is 5.56 Å². The predicted molar refractivity (Wildman–Crippen MR) is 103 cm³/mol. The molecule has 0 saturated carbocycles. The first-order valence-corrected chi connectivity index (χ1v) is 9.07. The van der Waals surface area contributed by atoms with E-state index >= 15 is 0 Å². The number of aryl methyl sites for hydroxylation is 1. The molecule has 0 spiro atoms. The fourth-order valence-corrected chi connectivity index (χ4v) is 3.39. The summed E-state index contributed by atoms with van der Waals surface area (Å²) in [5, 5.41) is 7.27. The van der Waals surface area contributed by atoms with Gasteiger partial charge in [-0.25, -0.2) is 4.39 Å². The van der Waals surface area contributed by atoms with E-state index in [1.54, 1.807) is 13.0 Å². The zero-order valence-corrected chi connectivity index (χ0v) is 16.5. The minimum Gasteiger partial charge on any atom is -0.337 e. The minimum absolute atomic E-state index is 0. The highest BCUT2D eigenvalue weighted by Gasteiger charge is 2.26. The Hall–Kier alpha value is -1.50. The number of benzene rings is 1. The Labute approximate surface area is 160 Å². The molecule has 1 N–H and O–H groups in total. The zero-order chi connectivity index (χ0) is 17.8. The number of piperidine rings is 1. The van der Waals surface area contributed by atoms with Crippen molar-refractivity contribution in [2.24, 2.45) is 5.92 Å². The van der Waals surface area contributed by atoms with Crippen molar-refractivity contribution in [1.29, 1.82) is 0 Å². The van der Waals surface area contributed by atoms with Gasteiger partial charge in [0.05, 0.1) is 6.04 Å². The number of likely N-dealkylation sites (tertiary alicyclic amines) is 1. The lowest BCUT2D eigenvalue weighted by Gasteiger charge is -2.34. The van der Waals surface area contributed by atoms with Crippen LogP contribution in [0.3, 0.4) is 0 Å². The van der Waals surface area contributed by atoms with E-state index in [0.717, 1.165) is 25.6 Å². The molecule has 26 heavy (non-hydrogen) atoms. The van der Waals surface area contributed by atoms with Gasteiger partial charge < -0.3 is 9.84 Å². The van der Waals surface area contributed by atoms with E-state index in [9.17, 15) is 4.39 Å². The first kappa shape index (κ1) is 20.8. The van der Waals surface area contributed by atoms with Crippen LogP contribution in [0.5, 0.6) is 0 Å². The van der Waals surface area contributed by atoms with Gasteiger partial charge in [0.25, 0.3) is 0 Å². The Morgan fingerprint density at radius 3 is 2.73 bits per heavy atom. The molecule has 1 aliphatic rings. The van der Waals surface area contributed by atoms with Crippen molar-refractivity contribution in [3.8, 4) is 11.4 Å². The number of halogens is 2. The summed E-state index contributed by atoms with van der Waals surface area (Å²) < 4.78 is 19.2. The molecule has 1 fully saturated rings. The van der Waals surface area contributed by atoms with E-state index in [2.05, 4.69) is 27.3 Å². The van der Waals surface area contributed by atoms with Gasteiger partial charge in [0.1, 0.15) is 5.82 Å². The van der Waals surface area contributed by atoms with Crippen LogP contribution in [0, 0.1) is 18.7 Å². The molecule has 1 aromatic carbocycles. The highest BCUT2D eigenvalue weighted by atomic mass is 35.5. The number of aromatic nitrogens is 2. The Morgan fingerprint density at radius 2 is 2.08 bits per heavy atom. The van der Waals surface area contributed by atoms with Crippen molar-refractivity contribution in [1.82, 2.24) is 20.4 Å². The van der Waals surface area contributed by atoms with E-state index in [1.807, 2.05) is 13.1 Å². The second kappa shape index (κ2) is 9.44. The van der Waals surface area contributed by atoms with Gasteiger partial charge in [-0.1, -0.05) is 17.3 Å². The Bertz CT molecular complexity index is 701. The Kier molecular flexibility index (Phi) is 7.55.